The van der Waals surface area contributed by atoms with Crippen LogP contribution in [0.2, 0.25) is 0 Å². The fourth-order valence-corrected chi connectivity index (χ4v) is 1.56. The average Bonchev–Trinajstić information content (AvgIpc) is 2.86. The largest absolute Gasteiger partial charge is 0.481 e. The number of carboxylic acid groups (broad SMARTS) is 1. The molecule has 0 bridgehead atoms. The number of nitrogens with zero attached hydrogens (tertiary/aromatic N) is 1. The van der Waals surface area contributed by atoms with Gasteiger partial charge in [-0.25, -0.2) is 0 Å². The van der Waals surface area contributed by atoms with Crippen molar-refractivity contribution >= 4 is 5.97 Å². The molecule has 0 unspecified atom stereocenters. The standard InChI is InChI=1S/C10H11NO2/c12-10(13)9-6-7(9)5-8-3-1-2-4-11-8/h1-4,7,9H,5-6H2,(H,12,13)/t7-,9+/m0/s1. The second-order valence-corrected chi connectivity index (χ2v) is 3.47. The first-order valence-electron chi connectivity index (χ1n) is 4.40. The van der Waals surface area contributed by atoms with Gasteiger partial charge in [-0.2, -0.15) is 0 Å². The molecule has 0 saturated heterocycles. The second kappa shape index (κ2) is 3.17. The molecule has 2 atom stereocenters. The molecule has 1 aromatic heterocycles. The van der Waals surface area contributed by atoms with Gasteiger partial charge >= 0.3 is 5.97 Å². The molecule has 0 aromatic carbocycles. The van der Waals surface area contributed by atoms with Crippen molar-refractivity contribution in [3.63, 3.8) is 0 Å². The summed E-state index contributed by atoms with van der Waals surface area (Å²) >= 11 is 0. The van der Waals surface area contributed by atoms with Crippen molar-refractivity contribution in [2.24, 2.45) is 11.8 Å². The van der Waals surface area contributed by atoms with E-state index in [1.807, 2.05) is 18.2 Å². The maximum Gasteiger partial charge on any atom is 0.306 e. The highest BCUT2D eigenvalue weighted by atomic mass is 16.4. The Kier molecular flexibility index (Phi) is 2.00. The summed E-state index contributed by atoms with van der Waals surface area (Å²) in [5.41, 5.74) is 0.997. The summed E-state index contributed by atoms with van der Waals surface area (Å²) in [6.45, 7) is 0. The Morgan fingerprint density at radius 1 is 1.62 bits per heavy atom. The Bertz CT molecular complexity index is 310. The van der Waals surface area contributed by atoms with Crippen molar-refractivity contribution in [3.05, 3.63) is 30.1 Å². The normalized spacial score (nSPS) is 25.5. The van der Waals surface area contributed by atoms with Gasteiger partial charge in [0, 0.05) is 11.9 Å². The maximum absolute atomic E-state index is 10.5. The average molecular weight is 177 g/mol. The zero-order valence-electron chi connectivity index (χ0n) is 7.18. The van der Waals surface area contributed by atoms with Crippen LogP contribution in [0.3, 0.4) is 0 Å². The number of aliphatic carboxylic acids is 1. The van der Waals surface area contributed by atoms with Gasteiger partial charge in [-0.05, 0) is 30.9 Å². The van der Waals surface area contributed by atoms with Crippen molar-refractivity contribution in [2.75, 3.05) is 0 Å². The summed E-state index contributed by atoms with van der Waals surface area (Å²) < 4.78 is 0. The molecule has 1 N–H and O–H groups in total. The SMILES string of the molecule is O=C(O)[C@@H]1C[C@@H]1Cc1ccccn1. The third-order valence-electron chi connectivity index (χ3n) is 2.44. The van der Waals surface area contributed by atoms with Crippen molar-refractivity contribution in [1.29, 1.82) is 0 Å². The van der Waals surface area contributed by atoms with Crippen LogP contribution in [0.1, 0.15) is 12.1 Å². The van der Waals surface area contributed by atoms with Gasteiger partial charge < -0.3 is 5.11 Å². The van der Waals surface area contributed by atoms with Crippen LogP contribution < -0.4 is 0 Å². The lowest BCUT2D eigenvalue weighted by atomic mass is 10.2. The molecule has 1 heterocycles. The van der Waals surface area contributed by atoms with E-state index in [-0.39, 0.29) is 5.92 Å². The molecule has 0 amide bonds. The minimum atomic E-state index is -0.666. The Morgan fingerprint density at radius 2 is 2.46 bits per heavy atom. The van der Waals surface area contributed by atoms with Gasteiger partial charge in [-0.15, -0.1) is 0 Å². The molecular weight excluding hydrogens is 166 g/mol. The number of carbonyl (C=O) groups is 1. The highest BCUT2D eigenvalue weighted by Crippen LogP contribution is 2.40. The predicted octanol–water partition coefficient (Wildman–Crippen LogP) is 1.34. The third-order valence-corrected chi connectivity index (χ3v) is 2.44. The molecule has 1 fully saturated rings. The molecule has 1 aromatic rings. The summed E-state index contributed by atoms with van der Waals surface area (Å²) in [6, 6.07) is 5.74. The molecule has 1 aliphatic rings. The molecule has 0 aliphatic heterocycles. The monoisotopic (exact) mass is 177 g/mol. The van der Waals surface area contributed by atoms with Crippen LogP contribution >= 0.6 is 0 Å². The quantitative estimate of drug-likeness (QED) is 0.758. The number of hydrogen-bond acceptors (Lipinski definition) is 2. The van der Waals surface area contributed by atoms with Gasteiger partial charge in [0.05, 0.1) is 5.92 Å². The summed E-state index contributed by atoms with van der Waals surface area (Å²) in [6.07, 6.45) is 3.36. The highest BCUT2D eigenvalue weighted by Gasteiger charge is 2.42. The van der Waals surface area contributed by atoms with Gasteiger partial charge in [-0.1, -0.05) is 6.07 Å². The Balaban J connectivity index is 1.92. The number of aromatic nitrogens is 1. The fraction of sp³-hybridized carbons (Fsp3) is 0.400. The van der Waals surface area contributed by atoms with Crippen molar-refractivity contribution in [3.8, 4) is 0 Å². The van der Waals surface area contributed by atoms with E-state index in [0.717, 1.165) is 18.5 Å². The molecule has 13 heavy (non-hydrogen) atoms. The van der Waals surface area contributed by atoms with Crippen LogP contribution in [0.5, 0.6) is 0 Å². The van der Waals surface area contributed by atoms with Crippen LogP contribution in [0.15, 0.2) is 24.4 Å². The van der Waals surface area contributed by atoms with Crippen LogP contribution in [0, 0.1) is 11.8 Å². The molecule has 0 radical (unpaired) electrons. The summed E-state index contributed by atoms with van der Waals surface area (Å²) in [5, 5.41) is 8.68. The number of pyridine rings is 1. The van der Waals surface area contributed by atoms with Gasteiger partial charge in [0.2, 0.25) is 0 Å². The fourth-order valence-electron chi connectivity index (χ4n) is 1.56. The predicted molar refractivity (Wildman–Crippen MR) is 47.2 cm³/mol. The van der Waals surface area contributed by atoms with Crippen LogP contribution in [0.25, 0.3) is 0 Å². The highest BCUT2D eigenvalue weighted by molar-refractivity contribution is 5.73. The number of rotatable bonds is 3. The van der Waals surface area contributed by atoms with E-state index in [9.17, 15) is 4.79 Å². The van der Waals surface area contributed by atoms with Gasteiger partial charge in [0.15, 0.2) is 0 Å². The smallest absolute Gasteiger partial charge is 0.306 e. The Morgan fingerprint density at radius 3 is 3.00 bits per heavy atom. The first-order chi connectivity index (χ1) is 6.27. The van der Waals surface area contributed by atoms with E-state index in [1.165, 1.54) is 0 Å². The van der Waals surface area contributed by atoms with E-state index < -0.39 is 5.97 Å². The van der Waals surface area contributed by atoms with E-state index in [0.29, 0.717) is 5.92 Å². The first kappa shape index (κ1) is 8.23. The van der Waals surface area contributed by atoms with Crippen LogP contribution in [0.4, 0.5) is 0 Å². The maximum atomic E-state index is 10.5. The first-order valence-corrected chi connectivity index (χ1v) is 4.40. The van der Waals surface area contributed by atoms with Gasteiger partial charge in [-0.3, -0.25) is 9.78 Å². The lowest BCUT2D eigenvalue weighted by Gasteiger charge is -1.96. The third kappa shape index (κ3) is 1.86. The Labute approximate surface area is 76.4 Å². The Hall–Kier alpha value is -1.38. The zero-order valence-corrected chi connectivity index (χ0v) is 7.18. The minimum Gasteiger partial charge on any atom is -0.481 e. The summed E-state index contributed by atoms with van der Waals surface area (Å²) in [4.78, 5) is 14.7. The second-order valence-electron chi connectivity index (χ2n) is 3.47. The van der Waals surface area contributed by atoms with Gasteiger partial charge in [0.1, 0.15) is 0 Å². The molecule has 3 nitrogen and oxygen atoms in total. The molecular formula is C10H11NO2. The number of hydrogen-bond donors (Lipinski definition) is 1. The summed E-state index contributed by atoms with van der Waals surface area (Å²) in [7, 11) is 0. The molecule has 0 spiro atoms. The minimum absolute atomic E-state index is 0.123. The zero-order chi connectivity index (χ0) is 9.26. The summed E-state index contributed by atoms with van der Waals surface area (Å²) in [5.74, 6) is -0.477. The topological polar surface area (TPSA) is 50.2 Å². The lowest BCUT2D eigenvalue weighted by molar-refractivity contribution is -0.138. The molecule has 68 valence electrons. The van der Waals surface area contributed by atoms with E-state index in [4.69, 9.17) is 5.11 Å². The van der Waals surface area contributed by atoms with E-state index >= 15 is 0 Å². The van der Waals surface area contributed by atoms with Gasteiger partial charge in [0.25, 0.3) is 0 Å². The van der Waals surface area contributed by atoms with Crippen molar-refractivity contribution in [1.82, 2.24) is 4.98 Å². The van der Waals surface area contributed by atoms with Crippen LogP contribution in [-0.2, 0) is 11.2 Å². The molecule has 1 aliphatic carbocycles. The van der Waals surface area contributed by atoms with Crippen LogP contribution in [-0.4, -0.2) is 16.1 Å². The van der Waals surface area contributed by atoms with E-state index in [1.54, 1.807) is 6.20 Å². The van der Waals surface area contributed by atoms with Crippen molar-refractivity contribution in [2.45, 2.75) is 12.8 Å². The lowest BCUT2D eigenvalue weighted by Crippen LogP contribution is -2.01. The van der Waals surface area contributed by atoms with E-state index in [2.05, 4.69) is 4.98 Å². The number of carboxylic acids is 1. The molecule has 1 saturated carbocycles. The van der Waals surface area contributed by atoms with Crippen molar-refractivity contribution < 1.29 is 9.90 Å². The molecule has 3 heteroatoms. The molecule has 2 rings (SSSR count).